The van der Waals surface area contributed by atoms with Gasteiger partial charge in [-0.25, -0.2) is 4.79 Å². The molecule has 9 heteroatoms. The van der Waals surface area contributed by atoms with Crippen LogP contribution in [-0.4, -0.2) is 41.4 Å². The third-order valence-corrected chi connectivity index (χ3v) is 6.11. The Balaban J connectivity index is 1.47. The molecule has 1 aromatic carbocycles. The summed E-state index contributed by atoms with van der Waals surface area (Å²) in [4.78, 5) is 27.7. The molecule has 1 aliphatic rings. The first-order chi connectivity index (χ1) is 14.6. The Morgan fingerprint density at radius 2 is 2.17 bits per heavy atom. The van der Waals surface area contributed by atoms with Crippen LogP contribution in [0, 0.1) is 0 Å². The molecular formula is C21H23N3O5S. The van der Waals surface area contributed by atoms with E-state index < -0.39 is 5.76 Å². The number of aromatic nitrogens is 2. The van der Waals surface area contributed by atoms with E-state index in [4.69, 9.17) is 13.9 Å². The van der Waals surface area contributed by atoms with Gasteiger partial charge < -0.3 is 18.8 Å². The summed E-state index contributed by atoms with van der Waals surface area (Å²) in [5.41, 5.74) is 0.961. The number of aryl methyl sites for hydroxylation is 1. The number of carbonyl (C=O) groups is 1. The van der Waals surface area contributed by atoms with Crippen LogP contribution in [0.1, 0.15) is 30.9 Å². The molecule has 1 fully saturated rings. The van der Waals surface area contributed by atoms with Crippen LogP contribution in [0.4, 0.5) is 0 Å². The lowest BCUT2D eigenvalue weighted by Crippen LogP contribution is -2.32. The molecule has 158 valence electrons. The summed E-state index contributed by atoms with van der Waals surface area (Å²) in [6.07, 6.45) is 1.95. The largest absolute Gasteiger partial charge is 0.497 e. The Bertz CT molecular complexity index is 1070. The van der Waals surface area contributed by atoms with Crippen LogP contribution in [0.2, 0.25) is 0 Å². The number of thiophene rings is 1. The van der Waals surface area contributed by atoms with Crippen molar-refractivity contribution in [1.29, 1.82) is 0 Å². The van der Waals surface area contributed by atoms with Gasteiger partial charge in [0.15, 0.2) is 0 Å². The number of benzene rings is 1. The van der Waals surface area contributed by atoms with Gasteiger partial charge in [-0.15, -0.1) is 16.4 Å². The van der Waals surface area contributed by atoms with Crippen LogP contribution in [0.25, 0.3) is 10.8 Å². The topological polar surface area (TPSA) is 86.8 Å². The van der Waals surface area contributed by atoms with Crippen LogP contribution >= 0.6 is 11.3 Å². The summed E-state index contributed by atoms with van der Waals surface area (Å²) in [5.74, 6) is 1.11. The number of ether oxygens (including phenoxy) is 2. The zero-order valence-corrected chi connectivity index (χ0v) is 17.7. The smallest absolute Gasteiger partial charge is 0.437 e. The average Bonchev–Trinajstić information content (AvgIpc) is 3.52. The van der Waals surface area contributed by atoms with Crippen molar-refractivity contribution in [3.05, 3.63) is 51.8 Å². The standard InChI is InChI=1S/C21H23N3O5S/c1-27-14-7-8-15(17(13-14)28-2)16-5-3-10-23(16)19(25)9-11-24-21(26)29-20(22-24)18-6-4-12-30-18/h4,6-8,12-13,16H,3,5,9-11H2,1-2H3/t16-/m0/s1. The number of amides is 1. The SMILES string of the molecule is COc1ccc([C@@H]2CCCN2C(=O)CCn2nc(-c3cccs3)oc2=O)c(OC)c1. The maximum absolute atomic E-state index is 13.0. The van der Waals surface area contributed by atoms with Gasteiger partial charge in [-0.2, -0.15) is 4.68 Å². The van der Waals surface area contributed by atoms with Gasteiger partial charge in [0.05, 0.1) is 31.7 Å². The predicted octanol–water partition coefficient (Wildman–Crippen LogP) is 3.34. The first-order valence-corrected chi connectivity index (χ1v) is 10.6. The Morgan fingerprint density at radius 1 is 1.30 bits per heavy atom. The molecule has 1 aliphatic heterocycles. The van der Waals surface area contributed by atoms with E-state index in [1.165, 1.54) is 16.0 Å². The molecule has 0 aliphatic carbocycles. The number of likely N-dealkylation sites (tertiary alicyclic amines) is 1. The molecule has 0 N–H and O–H groups in total. The predicted molar refractivity (Wildman–Crippen MR) is 112 cm³/mol. The van der Waals surface area contributed by atoms with Gasteiger partial charge in [-0.3, -0.25) is 4.79 Å². The first kappa shape index (κ1) is 20.2. The molecule has 3 aromatic rings. The molecule has 0 unspecified atom stereocenters. The van der Waals surface area contributed by atoms with Crippen LogP contribution < -0.4 is 15.2 Å². The van der Waals surface area contributed by atoms with Crippen LogP contribution in [0.5, 0.6) is 11.5 Å². The summed E-state index contributed by atoms with van der Waals surface area (Å²) in [5, 5.41) is 6.11. The zero-order chi connectivity index (χ0) is 21.1. The molecule has 0 bridgehead atoms. The molecule has 1 atom stereocenters. The molecular weight excluding hydrogens is 406 g/mol. The van der Waals surface area contributed by atoms with E-state index >= 15 is 0 Å². The lowest BCUT2D eigenvalue weighted by atomic mass is 10.0. The van der Waals surface area contributed by atoms with E-state index in [1.807, 2.05) is 40.6 Å². The highest BCUT2D eigenvalue weighted by atomic mass is 32.1. The third kappa shape index (κ3) is 3.97. The minimum Gasteiger partial charge on any atom is -0.497 e. The van der Waals surface area contributed by atoms with Crippen molar-refractivity contribution >= 4 is 17.2 Å². The Hall–Kier alpha value is -3.07. The Kier molecular flexibility index (Phi) is 5.89. The highest BCUT2D eigenvalue weighted by Gasteiger charge is 2.32. The van der Waals surface area contributed by atoms with Crippen molar-refractivity contribution < 1.29 is 18.7 Å². The number of carbonyl (C=O) groups excluding carboxylic acids is 1. The summed E-state index contributed by atoms with van der Waals surface area (Å²) in [6, 6.07) is 9.29. The number of hydrogen-bond donors (Lipinski definition) is 0. The van der Waals surface area contributed by atoms with Crippen molar-refractivity contribution in [3.8, 4) is 22.3 Å². The summed E-state index contributed by atoms with van der Waals surface area (Å²) in [7, 11) is 3.22. The van der Waals surface area contributed by atoms with Crippen molar-refractivity contribution in [2.24, 2.45) is 0 Å². The van der Waals surface area contributed by atoms with Crippen molar-refractivity contribution in [1.82, 2.24) is 14.7 Å². The molecule has 2 aromatic heterocycles. The molecule has 8 nitrogen and oxygen atoms in total. The number of nitrogens with zero attached hydrogens (tertiary/aromatic N) is 3. The van der Waals surface area contributed by atoms with Crippen LogP contribution in [-0.2, 0) is 11.3 Å². The van der Waals surface area contributed by atoms with Crippen molar-refractivity contribution in [2.75, 3.05) is 20.8 Å². The molecule has 1 amide bonds. The van der Waals surface area contributed by atoms with E-state index in [0.29, 0.717) is 18.0 Å². The highest BCUT2D eigenvalue weighted by molar-refractivity contribution is 7.13. The zero-order valence-electron chi connectivity index (χ0n) is 16.9. The van der Waals surface area contributed by atoms with Gasteiger partial charge >= 0.3 is 5.76 Å². The molecule has 4 rings (SSSR count). The van der Waals surface area contributed by atoms with Gasteiger partial charge in [0.2, 0.25) is 5.91 Å². The molecule has 0 spiro atoms. The van der Waals surface area contributed by atoms with E-state index in [2.05, 4.69) is 5.10 Å². The molecule has 0 radical (unpaired) electrons. The Labute approximate surface area is 177 Å². The average molecular weight is 429 g/mol. The van der Waals surface area contributed by atoms with Crippen LogP contribution in [0.3, 0.4) is 0 Å². The normalized spacial score (nSPS) is 16.1. The van der Waals surface area contributed by atoms with Gasteiger partial charge in [0, 0.05) is 24.6 Å². The van der Waals surface area contributed by atoms with E-state index in [9.17, 15) is 9.59 Å². The van der Waals surface area contributed by atoms with E-state index in [1.54, 1.807) is 14.2 Å². The fourth-order valence-electron chi connectivity index (χ4n) is 3.77. The monoisotopic (exact) mass is 429 g/mol. The summed E-state index contributed by atoms with van der Waals surface area (Å²) >= 11 is 1.44. The van der Waals surface area contributed by atoms with Gasteiger partial charge in [-0.05, 0) is 36.4 Å². The number of methoxy groups -OCH3 is 2. The Morgan fingerprint density at radius 3 is 2.90 bits per heavy atom. The van der Waals surface area contributed by atoms with E-state index in [0.717, 1.165) is 23.3 Å². The fourth-order valence-corrected chi connectivity index (χ4v) is 4.42. The van der Waals surface area contributed by atoms with Crippen molar-refractivity contribution in [3.63, 3.8) is 0 Å². The molecule has 3 heterocycles. The first-order valence-electron chi connectivity index (χ1n) is 9.74. The van der Waals surface area contributed by atoms with E-state index in [-0.39, 0.29) is 30.8 Å². The maximum Gasteiger partial charge on any atom is 0.437 e. The highest BCUT2D eigenvalue weighted by Crippen LogP contribution is 2.39. The fraction of sp³-hybridized carbons (Fsp3) is 0.381. The third-order valence-electron chi connectivity index (χ3n) is 5.25. The van der Waals surface area contributed by atoms with Gasteiger partial charge in [0.25, 0.3) is 5.89 Å². The number of hydrogen-bond acceptors (Lipinski definition) is 7. The quantitative estimate of drug-likeness (QED) is 0.573. The minimum atomic E-state index is -0.555. The minimum absolute atomic E-state index is 0.0251. The van der Waals surface area contributed by atoms with Gasteiger partial charge in [0.1, 0.15) is 11.5 Å². The summed E-state index contributed by atoms with van der Waals surface area (Å²) in [6.45, 7) is 0.850. The molecule has 1 saturated heterocycles. The molecule has 0 saturated carbocycles. The lowest BCUT2D eigenvalue weighted by Gasteiger charge is -2.26. The van der Waals surface area contributed by atoms with Gasteiger partial charge in [-0.1, -0.05) is 6.07 Å². The second-order valence-corrected chi connectivity index (χ2v) is 7.92. The lowest BCUT2D eigenvalue weighted by molar-refractivity contribution is -0.132. The molecule has 30 heavy (non-hydrogen) atoms. The van der Waals surface area contributed by atoms with Crippen LogP contribution in [0.15, 0.2) is 44.9 Å². The second kappa shape index (κ2) is 8.74. The summed E-state index contributed by atoms with van der Waals surface area (Å²) < 4.78 is 17.2. The van der Waals surface area contributed by atoms with Crippen molar-refractivity contribution in [2.45, 2.75) is 31.8 Å². The number of rotatable bonds is 7. The second-order valence-electron chi connectivity index (χ2n) is 6.98. The maximum atomic E-state index is 13.0.